The van der Waals surface area contributed by atoms with Crippen molar-refractivity contribution in [2.75, 3.05) is 26.3 Å². The molecule has 0 radical (unpaired) electrons. The Morgan fingerprint density at radius 3 is 2.47 bits per heavy atom. The van der Waals surface area contributed by atoms with E-state index in [1.165, 1.54) is 57.9 Å². The van der Waals surface area contributed by atoms with E-state index in [1.54, 1.807) is 0 Å². The van der Waals surface area contributed by atoms with Gasteiger partial charge in [-0.1, -0.05) is 33.1 Å². The van der Waals surface area contributed by atoms with E-state index in [9.17, 15) is 0 Å². The standard InChI is InChI=1S/C17H35NO/c1-4-7-8-16-9-11-17(12-10-16,15-18-5-2)13-14-19-6-3/h16,18H,4-15H2,1-3H3. The van der Waals surface area contributed by atoms with Gasteiger partial charge in [0.2, 0.25) is 0 Å². The molecule has 2 nitrogen and oxygen atoms in total. The molecule has 1 saturated carbocycles. The highest BCUT2D eigenvalue weighted by Crippen LogP contribution is 2.42. The summed E-state index contributed by atoms with van der Waals surface area (Å²) in [5, 5.41) is 3.59. The van der Waals surface area contributed by atoms with Gasteiger partial charge in [0.05, 0.1) is 0 Å². The van der Waals surface area contributed by atoms with Crippen molar-refractivity contribution in [2.24, 2.45) is 11.3 Å². The quantitative estimate of drug-likeness (QED) is 0.594. The summed E-state index contributed by atoms with van der Waals surface area (Å²) < 4.78 is 5.61. The van der Waals surface area contributed by atoms with Crippen molar-refractivity contribution >= 4 is 0 Å². The van der Waals surface area contributed by atoms with E-state index >= 15 is 0 Å². The van der Waals surface area contributed by atoms with Crippen molar-refractivity contribution in [3.05, 3.63) is 0 Å². The Labute approximate surface area is 120 Å². The summed E-state index contributed by atoms with van der Waals surface area (Å²) in [5.74, 6) is 1.00. The van der Waals surface area contributed by atoms with Crippen LogP contribution in [0.2, 0.25) is 0 Å². The maximum atomic E-state index is 5.61. The van der Waals surface area contributed by atoms with Gasteiger partial charge in [0.1, 0.15) is 0 Å². The Kier molecular flexibility index (Phi) is 8.72. The molecular weight excluding hydrogens is 234 g/mol. The molecule has 2 heteroatoms. The summed E-state index contributed by atoms with van der Waals surface area (Å²) in [6, 6.07) is 0. The van der Waals surface area contributed by atoms with E-state index in [0.29, 0.717) is 5.41 Å². The molecule has 1 aliphatic carbocycles. The second kappa shape index (κ2) is 9.77. The SMILES string of the molecule is CCCCC1CCC(CCOCC)(CNCC)CC1. The molecule has 0 heterocycles. The Hall–Kier alpha value is -0.0800. The smallest absolute Gasteiger partial charge is 0.0471 e. The average molecular weight is 269 g/mol. The van der Waals surface area contributed by atoms with Crippen molar-refractivity contribution in [3.63, 3.8) is 0 Å². The van der Waals surface area contributed by atoms with Crippen LogP contribution < -0.4 is 5.32 Å². The highest BCUT2D eigenvalue weighted by Gasteiger charge is 2.34. The summed E-state index contributed by atoms with van der Waals surface area (Å²) in [6.07, 6.45) is 11.2. The number of unbranched alkanes of at least 4 members (excludes halogenated alkanes) is 1. The maximum absolute atomic E-state index is 5.61. The fraction of sp³-hybridized carbons (Fsp3) is 1.00. The van der Waals surface area contributed by atoms with Crippen LogP contribution in [-0.4, -0.2) is 26.3 Å². The van der Waals surface area contributed by atoms with Crippen LogP contribution in [-0.2, 0) is 4.74 Å². The highest BCUT2D eigenvalue weighted by atomic mass is 16.5. The molecule has 114 valence electrons. The van der Waals surface area contributed by atoms with Crippen LogP contribution in [0.4, 0.5) is 0 Å². The van der Waals surface area contributed by atoms with E-state index in [2.05, 4.69) is 26.1 Å². The Morgan fingerprint density at radius 1 is 1.16 bits per heavy atom. The minimum Gasteiger partial charge on any atom is -0.382 e. The van der Waals surface area contributed by atoms with Crippen molar-refractivity contribution in [2.45, 2.75) is 72.1 Å². The molecule has 0 spiro atoms. The lowest BCUT2D eigenvalue weighted by atomic mass is 9.67. The molecule has 0 saturated heterocycles. The zero-order valence-electron chi connectivity index (χ0n) is 13.5. The maximum Gasteiger partial charge on any atom is 0.0471 e. The van der Waals surface area contributed by atoms with E-state index in [4.69, 9.17) is 4.74 Å². The van der Waals surface area contributed by atoms with Crippen LogP contribution in [0.5, 0.6) is 0 Å². The van der Waals surface area contributed by atoms with Gasteiger partial charge >= 0.3 is 0 Å². The first-order valence-electron chi connectivity index (χ1n) is 8.54. The number of ether oxygens (including phenoxy) is 1. The summed E-state index contributed by atoms with van der Waals surface area (Å²) in [5.41, 5.74) is 0.522. The molecule has 1 fully saturated rings. The molecule has 19 heavy (non-hydrogen) atoms. The zero-order chi connectivity index (χ0) is 14.0. The van der Waals surface area contributed by atoms with Crippen molar-refractivity contribution in [1.29, 1.82) is 0 Å². The average Bonchev–Trinajstić information content (AvgIpc) is 2.45. The number of hydrogen-bond acceptors (Lipinski definition) is 2. The molecule has 1 rings (SSSR count). The Balaban J connectivity index is 2.39. The number of nitrogens with one attached hydrogen (secondary N) is 1. The van der Waals surface area contributed by atoms with E-state index in [0.717, 1.165) is 25.7 Å². The third-order valence-corrected chi connectivity index (χ3v) is 4.86. The summed E-state index contributed by atoms with van der Waals surface area (Å²) >= 11 is 0. The third kappa shape index (κ3) is 6.27. The Bertz CT molecular complexity index is 209. The molecule has 0 aromatic heterocycles. The van der Waals surface area contributed by atoms with Gasteiger partial charge in [-0.15, -0.1) is 0 Å². The molecule has 0 aliphatic heterocycles. The van der Waals surface area contributed by atoms with Gasteiger partial charge in [-0.2, -0.15) is 0 Å². The predicted octanol–water partition coefficient (Wildman–Crippen LogP) is 4.39. The largest absolute Gasteiger partial charge is 0.382 e. The summed E-state index contributed by atoms with van der Waals surface area (Å²) in [4.78, 5) is 0. The Morgan fingerprint density at radius 2 is 1.89 bits per heavy atom. The minimum atomic E-state index is 0.522. The second-order valence-corrected chi connectivity index (χ2v) is 6.31. The van der Waals surface area contributed by atoms with Crippen molar-refractivity contribution in [3.8, 4) is 0 Å². The van der Waals surface area contributed by atoms with Crippen LogP contribution >= 0.6 is 0 Å². The van der Waals surface area contributed by atoms with E-state index < -0.39 is 0 Å². The minimum absolute atomic E-state index is 0.522. The summed E-state index contributed by atoms with van der Waals surface area (Å²) in [7, 11) is 0. The fourth-order valence-electron chi connectivity index (χ4n) is 3.41. The van der Waals surface area contributed by atoms with Crippen LogP contribution in [0.25, 0.3) is 0 Å². The van der Waals surface area contributed by atoms with Gasteiger partial charge in [-0.25, -0.2) is 0 Å². The summed E-state index contributed by atoms with van der Waals surface area (Å²) in [6.45, 7) is 10.7. The molecular formula is C17H35NO. The van der Waals surface area contributed by atoms with Crippen molar-refractivity contribution in [1.82, 2.24) is 5.32 Å². The molecule has 0 bridgehead atoms. The van der Waals surface area contributed by atoms with Gasteiger partial charge in [-0.3, -0.25) is 0 Å². The molecule has 1 aliphatic rings. The van der Waals surface area contributed by atoms with Gasteiger partial charge in [0.25, 0.3) is 0 Å². The molecule has 1 N–H and O–H groups in total. The fourth-order valence-corrected chi connectivity index (χ4v) is 3.41. The third-order valence-electron chi connectivity index (χ3n) is 4.86. The lowest BCUT2D eigenvalue weighted by Crippen LogP contribution is -2.38. The highest BCUT2D eigenvalue weighted by molar-refractivity contribution is 4.87. The lowest BCUT2D eigenvalue weighted by molar-refractivity contribution is 0.0663. The van der Waals surface area contributed by atoms with Gasteiger partial charge < -0.3 is 10.1 Å². The zero-order valence-corrected chi connectivity index (χ0v) is 13.5. The van der Waals surface area contributed by atoms with E-state index in [-0.39, 0.29) is 0 Å². The predicted molar refractivity (Wildman–Crippen MR) is 83.6 cm³/mol. The van der Waals surface area contributed by atoms with Crippen LogP contribution in [0.3, 0.4) is 0 Å². The molecule has 0 amide bonds. The normalized spacial score (nSPS) is 27.6. The van der Waals surface area contributed by atoms with E-state index in [1.807, 2.05) is 0 Å². The van der Waals surface area contributed by atoms with Crippen LogP contribution in [0.1, 0.15) is 72.1 Å². The molecule has 0 unspecified atom stereocenters. The first kappa shape index (κ1) is 17.0. The number of hydrogen-bond donors (Lipinski definition) is 1. The van der Waals surface area contributed by atoms with Crippen molar-refractivity contribution < 1.29 is 4.74 Å². The molecule has 0 aromatic rings. The van der Waals surface area contributed by atoms with Crippen LogP contribution in [0, 0.1) is 11.3 Å². The lowest BCUT2D eigenvalue weighted by Gasteiger charge is -2.40. The first-order chi connectivity index (χ1) is 9.26. The van der Waals surface area contributed by atoms with Crippen LogP contribution in [0.15, 0.2) is 0 Å². The molecule has 0 atom stereocenters. The number of rotatable bonds is 10. The second-order valence-electron chi connectivity index (χ2n) is 6.31. The first-order valence-corrected chi connectivity index (χ1v) is 8.54. The topological polar surface area (TPSA) is 21.3 Å². The van der Waals surface area contributed by atoms with Gasteiger partial charge in [-0.05, 0) is 56.9 Å². The molecule has 0 aromatic carbocycles. The van der Waals surface area contributed by atoms with Gasteiger partial charge in [0.15, 0.2) is 0 Å². The monoisotopic (exact) mass is 269 g/mol. The van der Waals surface area contributed by atoms with Gasteiger partial charge in [0, 0.05) is 19.8 Å².